The molecule has 156 valence electrons. The second-order valence-corrected chi connectivity index (χ2v) is 8.77. The van der Waals surface area contributed by atoms with Crippen LogP contribution >= 0.6 is 15.9 Å². The minimum atomic E-state index is -0.220. The minimum Gasteiger partial charge on any atom is -0.324 e. The monoisotopic (exact) mass is 484 g/mol. The van der Waals surface area contributed by atoms with Crippen LogP contribution in [0.25, 0.3) is 33.1 Å². The van der Waals surface area contributed by atoms with Crippen LogP contribution in [0.3, 0.4) is 0 Å². The van der Waals surface area contributed by atoms with E-state index in [1.807, 2.05) is 30.3 Å². The first-order valence-electron chi connectivity index (χ1n) is 10.4. The van der Waals surface area contributed by atoms with Crippen molar-refractivity contribution < 1.29 is 9.59 Å². The fourth-order valence-corrected chi connectivity index (χ4v) is 4.82. The maximum atomic E-state index is 12.7. The normalized spacial score (nSPS) is 13.6. The van der Waals surface area contributed by atoms with Crippen molar-refractivity contribution in [2.75, 3.05) is 6.54 Å². The molecule has 0 aliphatic carbocycles. The van der Waals surface area contributed by atoms with Crippen molar-refractivity contribution in [3.63, 3.8) is 0 Å². The first kappa shape index (κ1) is 19.1. The van der Waals surface area contributed by atoms with Crippen LogP contribution in [0.1, 0.15) is 27.1 Å². The summed E-state index contributed by atoms with van der Waals surface area (Å²) in [5, 5.41) is 1.02. The van der Waals surface area contributed by atoms with Gasteiger partial charge in [0.2, 0.25) is 0 Å². The van der Waals surface area contributed by atoms with Gasteiger partial charge in [0.25, 0.3) is 11.8 Å². The summed E-state index contributed by atoms with van der Waals surface area (Å²) in [5.41, 5.74) is 5.34. The Morgan fingerprint density at radius 2 is 1.44 bits per heavy atom. The van der Waals surface area contributed by atoms with Gasteiger partial charge in [0, 0.05) is 22.9 Å². The summed E-state index contributed by atoms with van der Waals surface area (Å²) in [6.07, 6.45) is 0.620. The molecule has 1 aliphatic rings. The molecule has 7 heteroatoms. The van der Waals surface area contributed by atoms with E-state index in [1.54, 1.807) is 24.3 Å². The number of halogens is 1. The lowest BCUT2D eigenvalue weighted by atomic mass is 10.1. The van der Waals surface area contributed by atoms with E-state index in [0.29, 0.717) is 30.6 Å². The second kappa shape index (κ2) is 7.24. The Hall–Kier alpha value is -3.58. The van der Waals surface area contributed by atoms with E-state index in [2.05, 4.69) is 32.6 Å². The van der Waals surface area contributed by atoms with E-state index in [1.165, 1.54) is 4.90 Å². The molecule has 6 rings (SSSR count). The lowest BCUT2D eigenvalue weighted by Gasteiger charge is -2.14. The summed E-state index contributed by atoms with van der Waals surface area (Å²) in [7, 11) is 0. The molecule has 0 unspecified atom stereocenters. The summed E-state index contributed by atoms with van der Waals surface area (Å²) in [6, 6.07) is 20.9. The molecule has 2 amide bonds. The highest BCUT2D eigenvalue weighted by Crippen LogP contribution is 2.31. The largest absolute Gasteiger partial charge is 0.324 e. The summed E-state index contributed by atoms with van der Waals surface area (Å²) in [6.45, 7) is 0.965. The zero-order chi connectivity index (χ0) is 21.8. The van der Waals surface area contributed by atoms with Crippen molar-refractivity contribution in [3.05, 3.63) is 82.3 Å². The van der Waals surface area contributed by atoms with Crippen molar-refractivity contribution in [1.82, 2.24) is 19.4 Å². The molecule has 0 saturated carbocycles. The fraction of sp³-hybridized carbons (Fsp3) is 0.120. The van der Waals surface area contributed by atoms with E-state index in [-0.39, 0.29) is 11.8 Å². The third-order valence-electron chi connectivity index (χ3n) is 5.95. The lowest BCUT2D eigenvalue weighted by molar-refractivity contribution is 0.0651. The summed E-state index contributed by atoms with van der Waals surface area (Å²) in [5.74, 6) is -0.440. The number of fused-ring (bicyclic) bond motifs is 5. The predicted molar refractivity (Wildman–Crippen MR) is 127 cm³/mol. The van der Waals surface area contributed by atoms with Crippen LogP contribution in [0.15, 0.2) is 71.2 Å². The maximum Gasteiger partial charge on any atom is 0.261 e. The number of carbonyl (C=O) groups excluding carboxylic acids is 2. The number of imide groups is 1. The van der Waals surface area contributed by atoms with Gasteiger partial charge in [-0.05, 0) is 48.9 Å². The molecule has 32 heavy (non-hydrogen) atoms. The van der Waals surface area contributed by atoms with Gasteiger partial charge in [0.05, 0.1) is 27.7 Å². The number of rotatable bonds is 4. The predicted octanol–water partition coefficient (Wildman–Crippen LogP) is 5.19. The number of carbonyl (C=O) groups is 2. The molecule has 0 spiro atoms. The molecule has 0 saturated heterocycles. The quantitative estimate of drug-likeness (QED) is 0.329. The van der Waals surface area contributed by atoms with Crippen molar-refractivity contribution >= 4 is 60.8 Å². The van der Waals surface area contributed by atoms with Crippen molar-refractivity contribution in [2.24, 2.45) is 0 Å². The first-order valence-corrected chi connectivity index (χ1v) is 11.2. The number of aryl methyl sites for hydroxylation is 1. The van der Waals surface area contributed by atoms with Gasteiger partial charge in [-0.3, -0.25) is 14.5 Å². The van der Waals surface area contributed by atoms with Crippen molar-refractivity contribution in [2.45, 2.75) is 13.0 Å². The molecule has 6 nitrogen and oxygen atoms in total. The molecule has 0 radical (unpaired) electrons. The second-order valence-electron chi connectivity index (χ2n) is 7.86. The van der Waals surface area contributed by atoms with Crippen LogP contribution in [0, 0.1) is 0 Å². The molecule has 2 aromatic heterocycles. The van der Waals surface area contributed by atoms with E-state index < -0.39 is 0 Å². The molecular formula is C25H17BrN4O2. The highest BCUT2D eigenvalue weighted by Gasteiger charge is 2.34. The Labute approximate surface area is 191 Å². The van der Waals surface area contributed by atoms with Crippen LogP contribution in [0.2, 0.25) is 0 Å². The number of hydrogen-bond donors (Lipinski definition) is 0. The Kier molecular flexibility index (Phi) is 4.33. The molecule has 0 N–H and O–H groups in total. The zero-order valence-electron chi connectivity index (χ0n) is 17.0. The van der Waals surface area contributed by atoms with Crippen LogP contribution in [-0.4, -0.2) is 37.8 Å². The summed E-state index contributed by atoms with van der Waals surface area (Å²) < 4.78 is 3.11. The molecule has 0 fully saturated rings. The fourth-order valence-electron chi connectivity index (χ4n) is 4.46. The number of nitrogens with zero attached hydrogens (tertiary/aromatic N) is 4. The number of amides is 2. The summed E-state index contributed by atoms with van der Waals surface area (Å²) in [4.78, 5) is 36.5. The van der Waals surface area contributed by atoms with Crippen LogP contribution < -0.4 is 0 Å². The molecule has 1 aliphatic heterocycles. The molecule has 3 heterocycles. The van der Waals surface area contributed by atoms with Gasteiger partial charge in [-0.2, -0.15) is 0 Å². The van der Waals surface area contributed by atoms with E-state index in [0.717, 1.165) is 37.6 Å². The van der Waals surface area contributed by atoms with Gasteiger partial charge in [-0.25, -0.2) is 9.97 Å². The Morgan fingerprint density at radius 1 is 0.781 bits per heavy atom. The Balaban J connectivity index is 1.37. The van der Waals surface area contributed by atoms with Gasteiger partial charge in [0.1, 0.15) is 5.52 Å². The number of benzene rings is 3. The van der Waals surface area contributed by atoms with Crippen LogP contribution in [-0.2, 0) is 6.54 Å². The van der Waals surface area contributed by atoms with Gasteiger partial charge in [0.15, 0.2) is 5.65 Å². The van der Waals surface area contributed by atoms with Gasteiger partial charge >= 0.3 is 0 Å². The molecule has 5 aromatic rings. The highest BCUT2D eigenvalue weighted by molar-refractivity contribution is 9.10. The smallest absolute Gasteiger partial charge is 0.261 e. The molecule has 3 aromatic carbocycles. The molecule has 0 bridgehead atoms. The third-order valence-corrected chi connectivity index (χ3v) is 6.45. The average molecular weight is 485 g/mol. The lowest BCUT2D eigenvalue weighted by Crippen LogP contribution is -2.31. The SMILES string of the molecule is O=C1c2ccccc2C(=O)N1CCCn1c2ccc(Br)cc2c2nc3ccccc3nc21. The van der Waals surface area contributed by atoms with Crippen LogP contribution in [0.5, 0.6) is 0 Å². The van der Waals surface area contributed by atoms with Gasteiger partial charge in [-0.15, -0.1) is 0 Å². The number of hydrogen-bond acceptors (Lipinski definition) is 4. The van der Waals surface area contributed by atoms with E-state index in [9.17, 15) is 9.59 Å². The minimum absolute atomic E-state index is 0.220. The van der Waals surface area contributed by atoms with Gasteiger partial charge in [-0.1, -0.05) is 40.2 Å². The van der Waals surface area contributed by atoms with E-state index in [4.69, 9.17) is 9.97 Å². The number of para-hydroxylation sites is 2. The summed E-state index contributed by atoms with van der Waals surface area (Å²) >= 11 is 3.56. The average Bonchev–Trinajstić information content (AvgIpc) is 3.24. The highest BCUT2D eigenvalue weighted by atomic mass is 79.9. The van der Waals surface area contributed by atoms with Gasteiger partial charge < -0.3 is 4.57 Å². The zero-order valence-corrected chi connectivity index (χ0v) is 18.5. The van der Waals surface area contributed by atoms with Crippen molar-refractivity contribution in [3.8, 4) is 0 Å². The molecular weight excluding hydrogens is 468 g/mol. The number of aromatic nitrogens is 3. The topological polar surface area (TPSA) is 68.1 Å². The van der Waals surface area contributed by atoms with Crippen LogP contribution in [0.4, 0.5) is 0 Å². The Bertz CT molecular complexity index is 1540. The first-order chi connectivity index (χ1) is 15.6. The molecule has 0 atom stereocenters. The van der Waals surface area contributed by atoms with Crippen molar-refractivity contribution in [1.29, 1.82) is 0 Å². The third kappa shape index (κ3) is 2.85. The Morgan fingerprint density at radius 3 is 2.16 bits per heavy atom. The standard InChI is InChI=1S/C25H17BrN4O2/c26-15-10-11-21-18(14-15)22-23(28-20-9-4-3-8-19(20)27-22)29(21)12-5-13-30-24(31)16-6-1-2-7-17(16)25(30)32/h1-4,6-11,14H,5,12-13H2. The maximum absolute atomic E-state index is 12.7. The van der Waals surface area contributed by atoms with E-state index >= 15 is 0 Å².